The second-order valence-corrected chi connectivity index (χ2v) is 8.68. The summed E-state index contributed by atoms with van der Waals surface area (Å²) in [4.78, 5) is 12.9. The molecular formula is C24H21ClN4O2S. The van der Waals surface area contributed by atoms with Crippen LogP contribution in [0.4, 0.5) is 5.69 Å². The Kier molecular flexibility index (Phi) is 6.78. The Balaban J connectivity index is 1.62. The number of amides is 1. The van der Waals surface area contributed by atoms with Crippen molar-refractivity contribution in [2.45, 2.75) is 17.3 Å². The van der Waals surface area contributed by atoms with Crippen molar-refractivity contribution >= 4 is 35.0 Å². The second-order valence-electron chi connectivity index (χ2n) is 6.94. The van der Waals surface area contributed by atoms with Gasteiger partial charge >= 0.3 is 0 Å². The lowest BCUT2D eigenvalue weighted by molar-refractivity contribution is -0.115. The van der Waals surface area contributed by atoms with Crippen molar-refractivity contribution in [3.63, 3.8) is 0 Å². The minimum absolute atomic E-state index is 0.195. The third-order valence-electron chi connectivity index (χ3n) is 4.75. The number of para-hydroxylation sites is 1. The Morgan fingerprint density at radius 1 is 1.03 bits per heavy atom. The van der Waals surface area contributed by atoms with E-state index in [0.29, 0.717) is 27.4 Å². The molecule has 0 aliphatic carbocycles. The second kappa shape index (κ2) is 9.89. The number of benzene rings is 3. The molecule has 1 aromatic heterocycles. The zero-order valence-electron chi connectivity index (χ0n) is 17.5. The molecule has 0 spiro atoms. The molecule has 8 heteroatoms. The van der Waals surface area contributed by atoms with Crippen LogP contribution in [0, 0.1) is 0 Å². The van der Waals surface area contributed by atoms with Crippen LogP contribution in [0.3, 0.4) is 0 Å². The standard InChI is InChI=1S/C24H21ClN4O2S/c1-16(23(30)26-20-15-18(25)13-14-21(20)31-2)32-24-28-27-22(17-9-5-3-6-10-17)29(24)19-11-7-4-8-12-19/h3-16H,1-2H3,(H,26,30). The highest BCUT2D eigenvalue weighted by Gasteiger charge is 2.22. The highest BCUT2D eigenvalue weighted by Crippen LogP contribution is 2.32. The fourth-order valence-electron chi connectivity index (χ4n) is 3.15. The first-order valence-corrected chi connectivity index (χ1v) is 11.2. The Labute approximate surface area is 195 Å². The molecule has 6 nitrogen and oxygen atoms in total. The van der Waals surface area contributed by atoms with Crippen molar-refractivity contribution in [3.8, 4) is 22.8 Å². The van der Waals surface area contributed by atoms with Gasteiger partial charge in [0.2, 0.25) is 5.91 Å². The van der Waals surface area contributed by atoms with Gasteiger partial charge in [0, 0.05) is 16.3 Å². The van der Waals surface area contributed by atoms with Crippen LogP contribution >= 0.6 is 23.4 Å². The van der Waals surface area contributed by atoms with E-state index in [1.54, 1.807) is 25.3 Å². The van der Waals surface area contributed by atoms with Gasteiger partial charge in [0.05, 0.1) is 18.0 Å². The van der Waals surface area contributed by atoms with E-state index in [0.717, 1.165) is 11.3 Å². The quantitative estimate of drug-likeness (QED) is 0.354. The Morgan fingerprint density at radius 3 is 2.41 bits per heavy atom. The number of anilines is 1. The minimum atomic E-state index is -0.450. The third kappa shape index (κ3) is 4.79. The summed E-state index contributed by atoms with van der Waals surface area (Å²) in [5.74, 6) is 1.06. The lowest BCUT2D eigenvalue weighted by Gasteiger charge is -2.15. The number of ether oxygens (including phenoxy) is 1. The molecule has 32 heavy (non-hydrogen) atoms. The average molecular weight is 465 g/mol. The largest absolute Gasteiger partial charge is 0.495 e. The summed E-state index contributed by atoms with van der Waals surface area (Å²) in [5, 5.41) is 12.4. The number of hydrogen-bond donors (Lipinski definition) is 1. The van der Waals surface area contributed by atoms with Gasteiger partial charge < -0.3 is 10.1 Å². The Hall–Kier alpha value is -3.29. The van der Waals surface area contributed by atoms with E-state index in [-0.39, 0.29) is 5.91 Å². The molecule has 4 aromatic rings. The third-order valence-corrected chi connectivity index (χ3v) is 6.03. The molecule has 0 saturated heterocycles. The van der Waals surface area contributed by atoms with Crippen LogP contribution < -0.4 is 10.1 Å². The van der Waals surface area contributed by atoms with E-state index in [2.05, 4.69) is 15.5 Å². The number of nitrogens with zero attached hydrogens (tertiary/aromatic N) is 3. The van der Waals surface area contributed by atoms with Crippen molar-refractivity contribution in [2.24, 2.45) is 0 Å². The van der Waals surface area contributed by atoms with E-state index in [1.165, 1.54) is 11.8 Å². The smallest absolute Gasteiger partial charge is 0.237 e. The molecule has 0 saturated carbocycles. The normalized spacial score (nSPS) is 11.7. The van der Waals surface area contributed by atoms with Gasteiger partial charge in [0.15, 0.2) is 11.0 Å². The number of rotatable bonds is 7. The molecule has 0 aliphatic heterocycles. The van der Waals surface area contributed by atoms with Gasteiger partial charge in [-0.2, -0.15) is 0 Å². The number of methoxy groups -OCH3 is 1. The van der Waals surface area contributed by atoms with Crippen LogP contribution in [-0.4, -0.2) is 33.0 Å². The summed E-state index contributed by atoms with van der Waals surface area (Å²) in [5.41, 5.74) is 2.38. The first-order valence-electron chi connectivity index (χ1n) is 9.94. The molecule has 0 aliphatic rings. The molecule has 1 unspecified atom stereocenters. The number of carbonyl (C=O) groups excluding carboxylic acids is 1. The Morgan fingerprint density at radius 2 is 1.72 bits per heavy atom. The van der Waals surface area contributed by atoms with E-state index in [1.807, 2.05) is 72.2 Å². The summed E-state index contributed by atoms with van der Waals surface area (Å²) in [6, 6.07) is 24.8. The molecule has 162 valence electrons. The molecular weight excluding hydrogens is 444 g/mol. The van der Waals surface area contributed by atoms with Crippen molar-refractivity contribution < 1.29 is 9.53 Å². The molecule has 1 N–H and O–H groups in total. The van der Waals surface area contributed by atoms with Crippen molar-refractivity contribution in [2.75, 3.05) is 12.4 Å². The minimum Gasteiger partial charge on any atom is -0.495 e. The van der Waals surface area contributed by atoms with E-state index < -0.39 is 5.25 Å². The van der Waals surface area contributed by atoms with Gasteiger partial charge in [-0.3, -0.25) is 9.36 Å². The van der Waals surface area contributed by atoms with Crippen molar-refractivity contribution in [1.29, 1.82) is 0 Å². The number of carbonyl (C=O) groups is 1. The number of nitrogens with one attached hydrogen (secondary N) is 1. The molecule has 3 aromatic carbocycles. The summed E-state index contributed by atoms with van der Waals surface area (Å²) in [6.07, 6.45) is 0. The number of thioether (sulfide) groups is 1. The molecule has 0 bridgehead atoms. The van der Waals surface area contributed by atoms with E-state index in [9.17, 15) is 4.79 Å². The highest BCUT2D eigenvalue weighted by atomic mass is 35.5. The lowest BCUT2D eigenvalue weighted by Crippen LogP contribution is -2.23. The molecule has 1 amide bonds. The van der Waals surface area contributed by atoms with Crippen LogP contribution in [0.1, 0.15) is 6.92 Å². The van der Waals surface area contributed by atoms with Gasteiger partial charge in [0.25, 0.3) is 0 Å². The maximum atomic E-state index is 12.9. The molecule has 0 radical (unpaired) electrons. The van der Waals surface area contributed by atoms with Crippen LogP contribution in [-0.2, 0) is 4.79 Å². The fourth-order valence-corrected chi connectivity index (χ4v) is 4.19. The number of hydrogen-bond acceptors (Lipinski definition) is 5. The van der Waals surface area contributed by atoms with Crippen LogP contribution in [0.25, 0.3) is 17.1 Å². The van der Waals surface area contributed by atoms with Crippen molar-refractivity contribution in [3.05, 3.63) is 83.9 Å². The van der Waals surface area contributed by atoms with Crippen molar-refractivity contribution in [1.82, 2.24) is 14.8 Å². The average Bonchev–Trinajstić information content (AvgIpc) is 3.23. The van der Waals surface area contributed by atoms with Gasteiger partial charge in [-0.15, -0.1) is 10.2 Å². The predicted molar refractivity (Wildman–Crippen MR) is 129 cm³/mol. The van der Waals surface area contributed by atoms with Gasteiger partial charge in [-0.1, -0.05) is 71.9 Å². The first kappa shape index (κ1) is 21.9. The van der Waals surface area contributed by atoms with Crippen LogP contribution in [0.15, 0.2) is 84.0 Å². The van der Waals surface area contributed by atoms with E-state index in [4.69, 9.17) is 16.3 Å². The first-order chi connectivity index (χ1) is 15.6. The fraction of sp³-hybridized carbons (Fsp3) is 0.125. The monoisotopic (exact) mass is 464 g/mol. The molecule has 0 fully saturated rings. The van der Waals surface area contributed by atoms with Crippen LogP contribution in [0.2, 0.25) is 5.02 Å². The zero-order valence-corrected chi connectivity index (χ0v) is 19.1. The topological polar surface area (TPSA) is 69.0 Å². The SMILES string of the molecule is COc1ccc(Cl)cc1NC(=O)C(C)Sc1nnc(-c2ccccc2)n1-c1ccccc1. The maximum absolute atomic E-state index is 12.9. The van der Waals surface area contributed by atoms with Gasteiger partial charge in [0.1, 0.15) is 5.75 Å². The van der Waals surface area contributed by atoms with Crippen LogP contribution in [0.5, 0.6) is 5.75 Å². The zero-order chi connectivity index (χ0) is 22.5. The number of aromatic nitrogens is 3. The summed E-state index contributed by atoms with van der Waals surface area (Å²) in [6.45, 7) is 1.82. The summed E-state index contributed by atoms with van der Waals surface area (Å²) >= 11 is 7.41. The van der Waals surface area contributed by atoms with Gasteiger partial charge in [-0.05, 0) is 37.3 Å². The van der Waals surface area contributed by atoms with Gasteiger partial charge in [-0.25, -0.2) is 0 Å². The van der Waals surface area contributed by atoms with E-state index >= 15 is 0 Å². The molecule has 4 rings (SSSR count). The summed E-state index contributed by atoms with van der Waals surface area (Å²) < 4.78 is 7.28. The Bertz CT molecular complexity index is 1220. The maximum Gasteiger partial charge on any atom is 0.237 e. The number of halogens is 1. The summed E-state index contributed by atoms with van der Waals surface area (Å²) in [7, 11) is 1.55. The predicted octanol–water partition coefficient (Wildman–Crippen LogP) is 5.72. The molecule has 1 heterocycles. The highest BCUT2D eigenvalue weighted by molar-refractivity contribution is 8.00. The lowest BCUT2D eigenvalue weighted by atomic mass is 10.2. The molecule has 1 atom stereocenters.